The molecular weight excluding hydrogens is 357 g/mol. The Kier molecular flexibility index (Phi) is 14.6. The number of hydrogen-bond acceptors (Lipinski definition) is 0. The van der Waals surface area contributed by atoms with Gasteiger partial charge in [0, 0.05) is 0 Å². The highest BCUT2D eigenvalue weighted by atomic mass is 127. The molecule has 18 heavy (non-hydrogen) atoms. The molecule has 0 aliphatic rings. The molecule has 0 rings (SSSR count). The molecule has 1 unspecified atom stereocenters. The average molecular weight is 386 g/mol. The number of unbranched alkanes of at least 4 members (excludes halogenated alkanes) is 4. The highest BCUT2D eigenvalue weighted by Crippen LogP contribution is 2.22. The van der Waals surface area contributed by atoms with Crippen LogP contribution in [0.4, 0.5) is 0 Å². The molecule has 0 bridgehead atoms. The second-order valence-electron chi connectivity index (χ2n) is 5.02. The lowest BCUT2D eigenvalue weighted by Gasteiger charge is -2.40. The van der Waals surface area contributed by atoms with Crippen LogP contribution in [0, 0.1) is 12.3 Å². The Hall–Kier alpha value is 0.540. The van der Waals surface area contributed by atoms with Crippen LogP contribution in [0.25, 0.3) is 0 Å². The van der Waals surface area contributed by atoms with Crippen molar-refractivity contribution in [2.24, 2.45) is 0 Å². The van der Waals surface area contributed by atoms with Crippen molar-refractivity contribution in [1.82, 2.24) is 0 Å². The largest absolute Gasteiger partial charge is 1.00 e. The maximum Gasteiger partial charge on any atom is 0.141 e. The molecule has 0 aromatic carbocycles. The van der Waals surface area contributed by atoms with E-state index >= 15 is 0 Å². The fraction of sp³-hybridized carbons (Fsp3) is 0.867. The second-order valence-corrected chi connectivity index (χ2v) is 6.82. The summed E-state index contributed by atoms with van der Waals surface area (Å²) in [7, 11) is 0. The number of hydrogen-bond donors (Lipinski definition) is 0. The summed E-state index contributed by atoms with van der Waals surface area (Å²) in [5.41, 5.74) is 0. The van der Waals surface area contributed by atoms with Crippen LogP contribution >= 0.6 is 22.6 Å². The first kappa shape index (κ1) is 20.8. The number of terminal acetylenes is 1. The van der Waals surface area contributed by atoms with Gasteiger partial charge in [-0.1, -0.05) is 26.7 Å². The van der Waals surface area contributed by atoms with Crippen LogP contribution in [-0.2, 0) is 0 Å². The maximum absolute atomic E-state index is 5.59. The highest BCUT2D eigenvalue weighted by Gasteiger charge is 2.30. The first-order valence-electron chi connectivity index (χ1n) is 7.06. The van der Waals surface area contributed by atoms with Crippen molar-refractivity contribution in [1.29, 1.82) is 0 Å². The Bertz CT molecular complexity index is 213. The van der Waals surface area contributed by atoms with Gasteiger partial charge in [0.1, 0.15) is 10.6 Å². The Labute approximate surface area is 134 Å². The standard InChI is InChI=1S/C15H29IN.ClH/c1-5-8-10-13-17(12-7-3,15(4)16)14-11-9-6-2;/h3,15H,5-6,8-14H2,1-2,4H3;1H/q+1;/p-1. The number of halogens is 2. The molecule has 0 saturated heterocycles. The third-order valence-electron chi connectivity index (χ3n) is 3.57. The van der Waals surface area contributed by atoms with Gasteiger partial charge in [-0.2, -0.15) is 0 Å². The molecule has 0 heterocycles. The van der Waals surface area contributed by atoms with Gasteiger partial charge in [0.2, 0.25) is 0 Å². The molecule has 0 N–H and O–H groups in total. The van der Waals surface area contributed by atoms with Gasteiger partial charge in [-0.15, -0.1) is 6.42 Å². The van der Waals surface area contributed by atoms with Crippen molar-refractivity contribution in [2.45, 2.75) is 63.3 Å². The molecule has 0 spiro atoms. The molecule has 0 saturated carbocycles. The quantitative estimate of drug-likeness (QED) is 0.134. The Morgan fingerprint density at radius 2 is 1.50 bits per heavy atom. The number of quaternary nitrogens is 1. The fourth-order valence-electron chi connectivity index (χ4n) is 2.29. The maximum atomic E-state index is 5.59. The van der Waals surface area contributed by atoms with Crippen molar-refractivity contribution in [3.8, 4) is 12.3 Å². The van der Waals surface area contributed by atoms with Gasteiger partial charge >= 0.3 is 0 Å². The molecule has 0 radical (unpaired) electrons. The molecule has 0 aromatic heterocycles. The smallest absolute Gasteiger partial charge is 0.141 e. The minimum atomic E-state index is 0. The Balaban J connectivity index is 0. The number of nitrogens with zero attached hydrogens (tertiary/aromatic N) is 1. The van der Waals surface area contributed by atoms with E-state index in [0.717, 1.165) is 11.0 Å². The van der Waals surface area contributed by atoms with Crippen molar-refractivity contribution < 1.29 is 16.9 Å². The molecular formula is C15H29ClIN. The van der Waals surface area contributed by atoms with Gasteiger partial charge in [-0.3, -0.25) is 0 Å². The molecule has 3 heteroatoms. The minimum absolute atomic E-state index is 0. The fourth-order valence-corrected chi connectivity index (χ4v) is 3.04. The number of alkyl halides is 1. The normalized spacial score (nSPS) is 12.6. The van der Waals surface area contributed by atoms with Crippen LogP contribution in [0.5, 0.6) is 0 Å². The van der Waals surface area contributed by atoms with E-state index in [0.29, 0.717) is 4.05 Å². The second kappa shape index (κ2) is 12.6. The summed E-state index contributed by atoms with van der Waals surface area (Å²) >= 11 is 2.56. The summed E-state index contributed by atoms with van der Waals surface area (Å²) < 4.78 is 1.74. The van der Waals surface area contributed by atoms with E-state index in [2.05, 4.69) is 49.3 Å². The Morgan fingerprint density at radius 1 is 1.06 bits per heavy atom. The van der Waals surface area contributed by atoms with Crippen LogP contribution in [0.1, 0.15) is 59.3 Å². The summed E-state index contributed by atoms with van der Waals surface area (Å²) in [6.45, 7) is 10.3. The molecule has 0 aromatic rings. The van der Waals surface area contributed by atoms with Gasteiger partial charge in [-0.05, 0) is 61.1 Å². The van der Waals surface area contributed by atoms with E-state index in [1.54, 1.807) is 0 Å². The first-order chi connectivity index (χ1) is 8.13. The van der Waals surface area contributed by atoms with Crippen molar-refractivity contribution in [2.75, 3.05) is 19.6 Å². The average Bonchev–Trinajstić information content (AvgIpc) is 2.29. The zero-order valence-electron chi connectivity index (χ0n) is 12.2. The lowest BCUT2D eigenvalue weighted by molar-refractivity contribution is -0.926. The molecule has 0 fully saturated rings. The van der Waals surface area contributed by atoms with Gasteiger partial charge in [-0.25, -0.2) is 0 Å². The summed E-state index contributed by atoms with van der Waals surface area (Å²) in [5, 5.41) is 0. The third kappa shape index (κ3) is 7.86. The monoisotopic (exact) mass is 385 g/mol. The van der Waals surface area contributed by atoms with Crippen LogP contribution in [0.15, 0.2) is 0 Å². The summed E-state index contributed by atoms with van der Waals surface area (Å²) in [4.78, 5) is 0. The molecule has 1 nitrogen and oxygen atoms in total. The van der Waals surface area contributed by atoms with E-state index in [1.807, 2.05) is 0 Å². The van der Waals surface area contributed by atoms with Crippen LogP contribution in [-0.4, -0.2) is 28.2 Å². The van der Waals surface area contributed by atoms with Crippen molar-refractivity contribution in [3.05, 3.63) is 0 Å². The zero-order chi connectivity index (χ0) is 13.1. The summed E-state index contributed by atoms with van der Waals surface area (Å²) in [5.74, 6) is 2.91. The summed E-state index contributed by atoms with van der Waals surface area (Å²) in [6.07, 6.45) is 13.5. The Morgan fingerprint density at radius 3 is 1.78 bits per heavy atom. The van der Waals surface area contributed by atoms with Gasteiger partial charge in [0.25, 0.3) is 0 Å². The SMILES string of the molecule is C#CC[N+](CCCCC)(CCCCC)C(C)I.[Cl-]. The van der Waals surface area contributed by atoms with E-state index in [4.69, 9.17) is 6.42 Å². The molecule has 0 aliphatic carbocycles. The lowest BCUT2D eigenvalue weighted by Crippen LogP contribution is -3.00. The predicted molar refractivity (Wildman–Crippen MR) is 86.2 cm³/mol. The molecule has 0 aliphatic heterocycles. The van der Waals surface area contributed by atoms with E-state index in [1.165, 1.54) is 51.6 Å². The van der Waals surface area contributed by atoms with Crippen LogP contribution < -0.4 is 12.4 Å². The van der Waals surface area contributed by atoms with Gasteiger partial charge < -0.3 is 16.9 Å². The molecule has 0 amide bonds. The van der Waals surface area contributed by atoms with Gasteiger partial charge in [0.15, 0.2) is 0 Å². The van der Waals surface area contributed by atoms with Crippen LogP contribution in [0.2, 0.25) is 0 Å². The van der Waals surface area contributed by atoms with Crippen molar-refractivity contribution >= 4 is 22.6 Å². The predicted octanol–water partition coefficient (Wildman–Crippen LogP) is 1.60. The van der Waals surface area contributed by atoms with E-state index in [9.17, 15) is 0 Å². The minimum Gasteiger partial charge on any atom is -1.00 e. The lowest BCUT2D eigenvalue weighted by atomic mass is 10.1. The van der Waals surface area contributed by atoms with Crippen molar-refractivity contribution in [3.63, 3.8) is 0 Å². The van der Waals surface area contributed by atoms with E-state index < -0.39 is 0 Å². The topological polar surface area (TPSA) is 0 Å². The van der Waals surface area contributed by atoms with Crippen LogP contribution in [0.3, 0.4) is 0 Å². The highest BCUT2D eigenvalue weighted by molar-refractivity contribution is 14.1. The van der Waals surface area contributed by atoms with E-state index in [-0.39, 0.29) is 12.4 Å². The summed E-state index contributed by atoms with van der Waals surface area (Å²) in [6, 6.07) is 0. The van der Waals surface area contributed by atoms with Gasteiger partial charge in [0.05, 0.1) is 13.1 Å². The first-order valence-corrected chi connectivity index (χ1v) is 8.30. The molecule has 1 atom stereocenters. The zero-order valence-corrected chi connectivity index (χ0v) is 15.1. The number of rotatable bonds is 10. The third-order valence-corrected chi connectivity index (χ3v) is 4.76. The molecule has 108 valence electrons.